The summed E-state index contributed by atoms with van der Waals surface area (Å²) in [6.07, 6.45) is 10.1. The second-order valence-electron chi connectivity index (χ2n) is 3.34. The van der Waals surface area contributed by atoms with Gasteiger partial charge in [0.1, 0.15) is 0 Å². The third kappa shape index (κ3) is 13.9. The third-order valence-corrected chi connectivity index (χ3v) is 2.05. The number of allylic oxidation sites excluding steroid dienone is 1. The molecule has 0 saturated carbocycles. The Labute approximate surface area is 90.6 Å². The van der Waals surface area contributed by atoms with Crippen molar-refractivity contribution in [3.05, 3.63) is 12.7 Å². The summed E-state index contributed by atoms with van der Waals surface area (Å²) in [4.78, 5) is 10.2. The van der Waals surface area contributed by atoms with Crippen LogP contribution in [0.1, 0.15) is 51.4 Å². The van der Waals surface area contributed by atoms with E-state index < -0.39 is 5.97 Å². The molecule has 0 fully saturated rings. The molecule has 0 aliphatic carbocycles. The maximum absolute atomic E-state index is 10.2. The van der Waals surface area contributed by atoms with Gasteiger partial charge in [-0.25, -0.2) is 0 Å². The molecule has 0 rings (SSSR count). The van der Waals surface area contributed by atoms with Crippen molar-refractivity contribution in [3.8, 4) is 0 Å². The molecule has 0 aromatic heterocycles. The van der Waals surface area contributed by atoms with Gasteiger partial charge >= 0.3 is 16.1 Å². The number of carbonyl (C=O) groups is 1. The molecule has 0 atom stereocenters. The zero-order chi connectivity index (χ0) is 9.94. The number of unbranched alkanes of at least 4 members (excludes halogenated alkanes) is 6. The molecule has 14 heavy (non-hydrogen) atoms. The van der Waals surface area contributed by atoms with E-state index in [2.05, 4.69) is 6.58 Å². The van der Waals surface area contributed by atoms with Crippen LogP contribution in [0.4, 0.5) is 0 Å². The number of hydrogen-bond acceptors (Lipinski definition) is 1. The van der Waals surface area contributed by atoms with Gasteiger partial charge < -0.3 is 5.11 Å². The molecule has 0 spiro atoms. The molecule has 3 heteroatoms. The number of carboxylic acid groups (broad SMARTS) is 1. The van der Waals surface area contributed by atoms with Gasteiger partial charge in [0.05, 0.1) is 0 Å². The number of rotatable bonds is 9. The fraction of sp³-hybridized carbons (Fsp3) is 0.727. The van der Waals surface area contributed by atoms with Gasteiger partial charge in [0.2, 0.25) is 0 Å². The second kappa shape index (κ2) is 12.4. The molecule has 0 radical (unpaired) electrons. The molecule has 0 aromatic carbocycles. The summed E-state index contributed by atoms with van der Waals surface area (Å²) < 4.78 is 0. The van der Waals surface area contributed by atoms with E-state index in [1.807, 2.05) is 6.08 Å². The van der Waals surface area contributed by atoms with Crippen molar-refractivity contribution in [1.82, 2.24) is 0 Å². The first-order valence-electron chi connectivity index (χ1n) is 5.10. The van der Waals surface area contributed by atoms with Gasteiger partial charge in [-0.05, 0) is 19.3 Å². The minimum atomic E-state index is -0.674. The zero-order valence-electron chi connectivity index (χ0n) is 8.30. The Bertz CT molecular complexity index is 146. The Morgan fingerprint density at radius 2 is 1.57 bits per heavy atom. The molecule has 2 nitrogen and oxygen atoms in total. The molecule has 0 bridgehead atoms. The summed E-state index contributed by atoms with van der Waals surface area (Å²) in [7, 11) is 0. The van der Waals surface area contributed by atoms with E-state index in [1.165, 1.54) is 25.7 Å². The predicted octanol–water partition coefficient (Wildman–Crippen LogP) is 2.46. The number of aliphatic carboxylic acids is 1. The van der Waals surface area contributed by atoms with Crippen LogP contribution in [0.3, 0.4) is 0 Å². The molecular formula is C11H22BeO2. The number of hydrogen-bond donors (Lipinski definition) is 1. The fourth-order valence-corrected chi connectivity index (χ4v) is 1.27. The van der Waals surface area contributed by atoms with Gasteiger partial charge in [-0.3, -0.25) is 4.79 Å². The summed E-state index contributed by atoms with van der Waals surface area (Å²) in [5, 5.41) is 8.38. The van der Waals surface area contributed by atoms with E-state index in [-0.39, 0.29) is 10.1 Å². The van der Waals surface area contributed by atoms with Crippen LogP contribution in [0.25, 0.3) is 0 Å². The molecule has 80 valence electrons. The molecule has 0 aromatic rings. The summed E-state index contributed by atoms with van der Waals surface area (Å²) in [5.41, 5.74) is 0. The van der Waals surface area contributed by atoms with Crippen LogP contribution in [-0.2, 0) is 4.79 Å². The van der Waals surface area contributed by atoms with E-state index in [9.17, 15) is 4.79 Å². The minimum absolute atomic E-state index is 0. The Kier molecular flexibility index (Phi) is 14.0. The first kappa shape index (κ1) is 15.8. The molecule has 0 saturated heterocycles. The predicted molar refractivity (Wildman–Crippen MR) is 63.3 cm³/mol. The van der Waals surface area contributed by atoms with Gasteiger partial charge in [0.25, 0.3) is 0 Å². The van der Waals surface area contributed by atoms with Gasteiger partial charge in [-0.1, -0.05) is 31.8 Å². The summed E-state index contributed by atoms with van der Waals surface area (Å²) >= 11 is 0. The van der Waals surface area contributed by atoms with Crippen LogP contribution in [0.2, 0.25) is 0 Å². The second-order valence-corrected chi connectivity index (χ2v) is 3.34. The molecule has 0 amide bonds. The van der Waals surface area contributed by atoms with Gasteiger partial charge in [0.15, 0.2) is 0 Å². The zero-order valence-corrected chi connectivity index (χ0v) is 8.30. The first-order chi connectivity index (χ1) is 6.27. The summed E-state index contributed by atoms with van der Waals surface area (Å²) in [6, 6.07) is 0. The SMILES string of the molecule is C=CCCCCCCCCC(=O)O.[BeH2]. The van der Waals surface area contributed by atoms with E-state index in [4.69, 9.17) is 5.11 Å². The Morgan fingerprint density at radius 1 is 1.07 bits per heavy atom. The topological polar surface area (TPSA) is 37.3 Å². The molecule has 0 aliphatic heterocycles. The normalized spacial score (nSPS) is 9.14. The monoisotopic (exact) mass is 195 g/mol. The van der Waals surface area contributed by atoms with Crippen molar-refractivity contribution in [2.24, 2.45) is 0 Å². The summed E-state index contributed by atoms with van der Waals surface area (Å²) in [6.45, 7) is 3.66. The van der Waals surface area contributed by atoms with Crippen LogP contribution in [0, 0.1) is 0 Å². The van der Waals surface area contributed by atoms with Crippen molar-refractivity contribution in [1.29, 1.82) is 0 Å². The summed E-state index contributed by atoms with van der Waals surface area (Å²) in [5.74, 6) is -0.674. The standard InChI is InChI=1S/C11H20O2.Be.2H/c1-2-3-4-5-6-7-8-9-10-11(12)13;;;/h2H,1,3-10H2,(H,12,13);;;. The molecule has 0 aliphatic rings. The average Bonchev–Trinajstić information content (AvgIpc) is 2.09. The van der Waals surface area contributed by atoms with E-state index >= 15 is 0 Å². The van der Waals surface area contributed by atoms with E-state index in [1.54, 1.807) is 0 Å². The van der Waals surface area contributed by atoms with Crippen LogP contribution < -0.4 is 0 Å². The van der Waals surface area contributed by atoms with Crippen molar-refractivity contribution in [2.45, 2.75) is 51.4 Å². The third-order valence-electron chi connectivity index (χ3n) is 2.05. The van der Waals surface area contributed by atoms with Gasteiger partial charge in [0, 0.05) is 6.42 Å². The molecule has 0 heterocycles. The van der Waals surface area contributed by atoms with Crippen LogP contribution in [0.15, 0.2) is 12.7 Å². The van der Waals surface area contributed by atoms with Crippen molar-refractivity contribution >= 4 is 16.1 Å². The molecule has 0 unspecified atom stereocenters. The van der Waals surface area contributed by atoms with Crippen LogP contribution >= 0.6 is 0 Å². The van der Waals surface area contributed by atoms with Crippen LogP contribution in [-0.4, -0.2) is 21.2 Å². The Balaban J connectivity index is 0. The van der Waals surface area contributed by atoms with Crippen molar-refractivity contribution < 1.29 is 9.90 Å². The van der Waals surface area contributed by atoms with E-state index in [0.717, 1.165) is 19.3 Å². The van der Waals surface area contributed by atoms with Gasteiger partial charge in [-0.15, -0.1) is 6.58 Å². The van der Waals surface area contributed by atoms with E-state index in [0.29, 0.717) is 6.42 Å². The van der Waals surface area contributed by atoms with Crippen molar-refractivity contribution in [3.63, 3.8) is 0 Å². The Hall–Kier alpha value is -0.621. The Morgan fingerprint density at radius 3 is 2.07 bits per heavy atom. The molecular weight excluding hydrogens is 173 g/mol. The first-order valence-corrected chi connectivity index (χ1v) is 5.10. The average molecular weight is 195 g/mol. The van der Waals surface area contributed by atoms with Gasteiger partial charge in [-0.2, -0.15) is 0 Å². The number of carboxylic acids is 1. The van der Waals surface area contributed by atoms with Crippen molar-refractivity contribution in [2.75, 3.05) is 0 Å². The quantitative estimate of drug-likeness (QED) is 0.348. The fourth-order valence-electron chi connectivity index (χ4n) is 1.27. The maximum atomic E-state index is 10.2. The van der Waals surface area contributed by atoms with Crippen LogP contribution in [0.5, 0.6) is 0 Å². The molecule has 1 N–H and O–H groups in total.